The lowest BCUT2D eigenvalue weighted by Crippen LogP contribution is -2.51. The molecule has 0 spiro atoms. The summed E-state index contributed by atoms with van der Waals surface area (Å²) in [7, 11) is 0. The second-order valence-electron chi connectivity index (χ2n) is 9.99. The average Bonchev–Trinajstić information content (AvgIpc) is 2.91. The van der Waals surface area contributed by atoms with Gasteiger partial charge >= 0.3 is 0 Å². The molecule has 0 fully saturated rings. The molecule has 0 aliphatic heterocycles. The maximum atomic E-state index is 12.4. The summed E-state index contributed by atoms with van der Waals surface area (Å²) in [5.74, 6) is -1.10. The van der Waals surface area contributed by atoms with Gasteiger partial charge in [0.2, 0.25) is 17.7 Å². The second-order valence-corrected chi connectivity index (χ2v) is 10.4. The van der Waals surface area contributed by atoms with Gasteiger partial charge in [0.1, 0.15) is 6.04 Å². The molecule has 0 heterocycles. The molecule has 0 saturated heterocycles. The van der Waals surface area contributed by atoms with Gasteiger partial charge in [-0.1, -0.05) is 71.5 Å². The molecular weight excluding hydrogens is 534 g/mol. The van der Waals surface area contributed by atoms with E-state index in [0.717, 1.165) is 32.1 Å². The molecule has 9 nitrogen and oxygen atoms in total. The summed E-state index contributed by atoms with van der Waals surface area (Å²) in [4.78, 5) is 58.1. The van der Waals surface area contributed by atoms with Crippen molar-refractivity contribution < 1.29 is 29.1 Å². The van der Waals surface area contributed by atoms with Crippen LogP contribution in [0.15, 0.2) is 30.4 Å². The molecule has 10 heteroatoms. The number of anilines is 1. The van der Waals surface area contributed by atoms with E-state index >= 15 is 0 Å². The zero-order chi connectivity index (χ0) is 30.7. The number of hydrogen-bond donors (Lipinski definition) is 4. The van der Waals surface area contributed by atoms with E-state index in [1.165, 1.54) is 25.1 Å². The number of benzene rings is 1. The third-order valence-electron chi connectivity index (χ3n) is 6.03. The normalized spacial score (nSPS) is 12.2. The molecule has 2 atom stereocenters. The molecule has 0 aliphatic rings. The van der Waals surface area contributed by atoms with Gasteiger partial charge in [-0.25, -0.2) is 0 Å². The molecule has 0 aliphatic carbocycles. The topological polar surface area (TPSA) is 142 Å². The van der Waals surface area contributed by atoms with E-state index in [9.17, 15) is 24.0 Å². The quantitative estimate of drug-likeness (QED) is 0.164. The van der Waals surface area contributed by atoms with Gasteiger partial charge in [-0.2, -0.15) is 0 Å². The molecule has 1 aromatic rings. The van der Waals surface area contributed by atoms with Crippen LogP contribution in [0.4, 0.5) is 5.69 Å². The predicted molar refractivity (Wildman–Crippen MR) is 159 cm³/mol. The van der Waals surface area contributed by atoms with E-state index in [2.05, 4.69) is 22.9 Å². The number of carbonyl (C=O) groups is 5. The Morgan fingerprint density at radius 1 is 0.975 bits per heavy atom. The molecule has 2 unspecified atom stereocenters. The molecule has 1 aromatic carbocycles. The smallest absolute Gasteiger partial charge is 0.243 e. The summed E-state index contributed by atoms with van der Waals surface area (Å²) in [6.07, 6.45) is 7.86. The highest BCUT2D eigenvalue weighted by atomic mass is 35.5. The van der Waals surface area contributed by atoms with Crippen molar-refractivity contribution in [1.82, 2.24) is 10.6 Å². The van der Waals surface area contributed by atoms with Gasteiger partial charge in [0, 0.05) is 23.0 Å². The number of amides is 3. The van der Waals surface area contributed by atoms with Crippen LogP contribution >= 0.6 is 11.6 Å². The number of ketones is 2. The van der Waals surface area contributed by atoms with Crippen molar-refractivity contribution in [2.75, 3.05) is 11.9 Å². The first-order valence-corrected chi connectivity index (χ1v) is 14.2. The zero-order valence-electron chi connectivity index (χ0n) is 24.6. The first kappa shape index (κ1) is 37.0. The maximum Gasteiger partial charge on any atom is 0.243 e. The van der Waals surface area contributed by atoms with Gasteiger partial charge < -0.3 is 21.1 Å². The van der Waals surface area contributed by atoms with E-state index in [-0.39, 0.29) is 42.5 Å². The van der Waals surface area contributed by atoms with E-state index in [4.69, 9.17) is 16.7 Å². The van der Waals surface area contributed by atoms with Crippen LogP contribution in [-0.2, 0) is 30.6 Å². The first-order valence-electron chi connectivity index (χ1n) is 13.8. The fourth-order valence-corrected chi connectivity index (χ4v) is 3.53. The fraction of sp³-hybridized carbons (Fsp3) is 0.567. The highest BCUT2D eigenvalue weighted by Gasteiger charge is 2.24. The van der Waals surface area contributed by atoms with E-state index in [1.54, 1.807) is 12.1 Å². The number of hydrogen-bond acceptors (Lipinski definition) is 6. The Balaban J connectivity index is 0.00000116. The number of aliphatic hydroxyl groups excluding tert-OH is 1. The standard InChI is InChI=1S/C21H32ClN3O4.C9H14O2/c1-4-5-6-7-8-18(27)25-20(14(2)3)21(29)23-12-19(28)24-16-10-9-15(13-26)17(22)11-16;1-4-7(2)9(11)6-5-8(3)10/h9-11,14,20,26H,4-8,12-13H2,1-3H3,(H,23,29)(H,24,28)(H,25,27);5-7H,4H2,1-3H3/b;6-5-. The Morgan fingerprint density at radius 3 is 2.17 bits per heavy atom. The molecule has 4 N–H and O–H groups in total. The highest BCUT2D eigenvalue weighted by molar-refractivity contribution is 6.31. The summed E-state index contributed by atoms with van der Waals surface area (Å²) in [6.45, 7) is 10.6. The molecular formula is C30H46ClN3O6. The number of rotatable bonds is 16. The highest BCUT2D eigenvalue weighted by Crippen LogP contribution is 2.20. The Labute approximate surface area is 243 Å². The van der Waals surface area contributed by atoms with E-state index in [0.29, 0.717) is 22.7 Å². The lowest BCUT2D eigenvalue weighted by Gasteiger charge is -2.21. The summed E-state index contributed by atoms with van der Waals surface area (Å²) in [5, 5.41) is 17.4. The fourth-order valence-electron chi connectivity index (χ4n) is 3.29. The monoisotopic (exact) mass is 579 g/mol. The minimum absolute atomic E-state index is 0.0303. The van der Waals surface area contributed by atoms with Gasteiger partial charge in [0.05, 0.1) is 13.2 Å². The van der Waals surface area contributed by atoms with Crippen molar-refractivity contribution in [3.63, 3.8) is 0 Å². The SMILES string of the molecule is CCC(C)C(=O)/C=C\C(C)=O.CCCCCCC(=O)NC(C(=O)NCC(=O)Nc1ccc(CO)c(Cl)c1)C(C)C. The Morgan fingerprint density at radius 2 is 1.65 bits per heavy atom. The van der Waals surface area contributed by atoms with Crippen LogP contribution in [0, 0.1) is 11.8 Å². The van der Waals surface area contributed by atoms with Crippen LogP contribution < -0.4 is 16.0 Å². The minimum Gasteiger partial charge on any atom is -0.392 e. The van der Waals surface area contributed by atoms with Crippen molar-refractivity contribution in [2.45, 2.75) is 92.7 Å². The molecule has 224 valence electrons. The van der Waals surface area contributed by atoms with E-state index < -0.39 is 17.9 Å². The zero-order valence-corrected chi connectivity index (χ0v) is 25.4. The lowest BCUT2D eigenvalue weighted by molar-refractivity contribution is -0.130. The lowest BCUT2D eigenvalue weighted by atomic mass is 10.0. The Bertz CT molecular complexity index is 1010. The minimum atomic E-state index is -0.695. The molecule has 1 rings (SSSR count). The summed E-state index contributed by atoms with van der Waals surface area (Å²) >= 11 is 6.00. The van der Waals surface area contributed by atoms with Gasteiger partial charge in [-0.15, -0.1) is 0 Å². The number of carbonyl (C=O) groups excluding carboxylic acids is 5. The van der Waals surface area contributed by atoms with Crippen LogP contribution in [0.3, 0.4) is 0 Å². The summed E-state index contributed by atoms with van der Waals surface area (Å²) < 4.78 is 0. The molecule has 0 aromatic heterocycles. The van der Waals surface area contributed by atoms with Crippen molar-refractivity contribution in [3.05, 3.63) is 40.9 Å². The third kappa shape index (κ3) is 16.2. The van der Waals surface area contributed by atoms with Crippen molar-refractivity contribution >= 4 is 46.6 Å². The number of nitrogens with one attached hydrogen (secondary N) is 3. The molecule has 3 amide bonds. The largest absolute Gasteiger partial charge is 0.392 e. The van der Waals surface area contributed by atoms with Gasteiger partial charge in [0.15, 0.2) is 11.6 Å². The van der Waals surface area contributed by atoms with E-state index in [1.807, 2.05) is 27.7 Å². The van der Waals surface area contributed by atoms with Crippen molar-refractivity contribution in [2.24, 2.45) is 11.8 Å². The van der Waals surface area contributed by atoms with Gasteiger partial charge in [0.25, 0.3) is 0 Å². The van der Waals surface area contributed by atoms with Gasteiger partial charge in [-0.3, -0.25) is 24.0 Å². The first-order chi connectivity index (χ1) is 18.9. The molecule has 0 bridgehead atoms. The van der Waals surface area contributed by atoms with Crippen LogP contribution in [0.1, 0.15) is 85.6 Å². The number of halogens is 1. The van der Waals surface area contributed by atoms with Crippen LogP contribution in [-0.4, -0.2) is 47.0 Å². The van der Waals surface area contributed by atoms with Crippen LogP contribution in [0.2, 0.25) is 5.02 Å². The average molecular weight is 580 g/mol. The summed E-state index contributed by atoms with van der Waals surface area (Å²) in [6, 6.07) is 4.07. The van der Waals surface area contributed by atoms with Crippen LogP contribution in [0.5, 0.6) is 0 Å². The predicted octanol–water partition coefficient (Wildman–Crippen LogP) is 4.75. The van der Waals surface area contributed by atoms with Crippen molar-refractivity contribution in [3.8, 4) is 0 Å². The second kappa shape index (κ2) is 20.8. The molecule has 40 heavy (non-hydrogen) atoms. The van der Waals surface area contributed by atoms with Crippen LogP contribution in [0.25, 0.3) is 0 Å². The maximum absolute atomic E-state index is 12.4. The Kier molecular flexibility index (Phi) is 19.2. The molecule has 0 radical (unpaired) electrons. The summed E-state index contributed by atoms with van der Waals surface area (Å²) in [5.41, 5.74) is 1.02. The van der Waals surface area contributed by atoms with Crippen molar-refractivity contribution in [1.29, 1.82) is 0 Å². The Hall–Kier alpha value is -3.04. The number of allylic oxidation sites excluding steroid dienone is 2. The van der Waals surface area contributed by atoms with Gasteiger partial charge in [-0.05, 0) is 55.5 Å². The third-order valence-corrected chi connectivity index (χ3v) is 6.39. The molecule has 0 saturated carbocycles. The number of unbranched alkanes of at least 4 members (excludes halogenated alkanes) is 3. The number of aliphatic hydroxyl groups is 1.